The largest absolute Gasteiger partial charge is 0.497 e. The molecular formula is C20H20FN3O2. The molecule has 1 N–H and O–H groups in total. The molecule has 0 aliphatic heterocycles. The quantitative estimate of drug-likeness (QED) is 0.716. The Balaban J connectivity index is 1.88. The molecule has 5 nitrogen and oxygen atoms in total. The highest BCUT2D eigenvalue weighted by Crippen LogP contribution is 2.26. The molecule has 0 saturated carbocycles. The maximum atomic E-state index is 13.0. The van der Waals surface area contributed by atoms with Crippen LogP contribution in [0, 0.1) is 5.82 Å². The molecule has 3 aromatic rings. The van der Waals surface area contributed by atoms with Gasteiger partial charge in [-0.1, -0.05) is 6.92 Å². The topological polar surface area (TPSA) is 56.1 Å². The zero-order valence-electron chi connectivity index (χ0n) is 14.7. The van der Waals surface area contributed by atoms with Crippen molar-refractivity contribution in [1.82, 2.24) is 9.55 Å². The fourth-order valence-electron chi connectivity index (χ4n) is 2.69. The molecule has 0 aliphatic rings. The van der Waals surface area contributed by atoms with Gasteiger partial charge in [-0.15, -0.1) is 0 Å². The number of ether oxygens (including phenoxy) is 1. The number of aromatic nitrogens is 2. The molecule has 1 aromatic heterocycles. The van der Waals surface area contributed by atoms with Crippen molar-refractivity contribution in [3.63, 3.8) is 0 Å². The van der Waals surface area contributed by atoms with Crippen molar-refractivity contribution < 1.29 is 13.9 Å². The Hall–Kier alpha value is -3.15. The first-order chi connectivity index (χ1) is 12.6. The first kappa shape index (κ1) is 17.7. The molecule has 2 aromatic carbocycles. The lowest BCUT2D eigenvalue weighted by Gasteiger charge is -2.12. The number of amides is 1. The highest BCUT2D eigenvalue weighted by molar-refractivity contribution is 6.03. The smallest absolute Gasteiger partial charge is 0.257 e. The van der Waals surface area contributed by atoms with Crippen LogP contribution in [0.2, 0.25) is 0 Å². The van der Waals surface area contributed by atoms with E-state index < -0.39 is 0 Å². The zero-order chi connectivity index (χ0) is 18.5. The number of carbonyl (C=O) groups is 1. The van der Waals surface area contributed by atoms with E-state index in [1.807, 2.05) is 28.8 Å². The standard InChI is InChI=1S/C20H20FN3O2/c1-3-12-24-18(14-6-10-17(26-2)11-7-14)13-22-20(24)23-19(25)15-4-8-16(21)9-5-15/h4-11,13H,3,12H2,1-2H3,(H,22,23,25). The van der Waals surface area contributed by atoms with Crippen LogP contribution < -0.4 is 10.1 Å². The molecule has 0 radical (unpaired) electrons. The molecule has 3 rings (SSSR count). The third kappa shape index (κ3) is 3.74. The summed E-state index contributed by atoms with van der Waals surface area (Å²) in [4.78, 5) is 16.8. The number of hydrogen-bond donors (Lipinski definition) is 1. The van der Waals surface area contributed by atoms with Crippen molar-refractivity contribution in [1.29, 1.82) is 0 Å². The Morgan fingerprint density at radius 3 is 2.46 bits per heavy atom. The number of hydrogen-bond acceptors (Lipinski definition) is 3. The molecule has 6 heteroatoms. The van der Waals surface area contributed by atoms with Gasteiger partial charge in [0.05, 0.1) is 19.0 Å². The van der Waals surface area contributed by atoms with E-state index in [9.17, 15) is 9.18 Å². The number of rotatable bonds is 6. The van der Waals surface area contributed by atoms with Crippen LogP contribution >= 0.6 is 0 Å². The lowest BCUT2D eigenvalue weighted by Crippen LogP contribution is -2.16. The summed E-state index contributed by atoms with van der Waals surface area (Å²) in [5.41, 5.74) is 2.27. The van der Waals surface area contributed by atoms with Gasteiger partial charge in [0, 0.05) is 17.7 Å². The monoisotopic (exact) mass is 353 g/mol. The summed E-state index contributed by atoms with van der Waals surface area (Å²) in [5.74, 6) is 0.539. The number of carbonyl (C=O) groups excluding carboxylic acids is 1. The van der Waals surface area contributed by atoms with Crippen LogP contribution in [0.1, 0.15) is 23.7 Å². The molecule has 134 valence electrons. The summed E-state index contributed by atoms with van der Waals surface area (Å²) in [6.45, 7) is 2.77. The summed E-state index contributed by atoms with van der Waals surface area (Å²) in [6, 6.07) is 13.1. The molecule has 0 aliphatic carbocycles. The summed E-state index contributed by atoms with van der Waals surface area (Å²) in [6.07, 6.45) is 2.62. The van der Waals surface area contributed by atoms with Crippen LogP contribution in [0.3, 0.4) is 0 Å². The summed E-state index contributed by atoms with van der Waals surface area (Å²) < 4.78 is 20.2. The molecule has 0 atom stereocenters. The minimum atomic E-state index is -0.379. The van der Waals surface area contributed by atoms with E-state index in [0.29, 0.717) is 18.1 Å². The molecule has 0 spiro atoms. The van der Waals surface area contributed by atoms with Gasteiger partial charge < -0.3 is 9.30 Å². The summed E-state index contributed by atoms with van der Waals surface area (Å²) >= 11 is 0. The molecule has 0 unspecified atom stereocenters. The highest BCUT2D eigenvalue weighted by atomic mass is 19.1. The van der Waals surface area contributed by atoms with Crippen LogP contribution in [0.5, 0.6) is 5.75 Å². The normalized spacial score (nSPS) is 10.6. The number of nitrogens with zero attached hydrogens (tertiary/aromatic N) is 2. The number of halogens is 1. The van der Waals surface area contributed by atoms with Crippen LogP contribution in [0.4, 0.5) is 10.3 Å². The first-order valence-electron chi connectivity index (χ1n) is 8.39. The number of anilines is 1. The molecule has 26 heavy (non-hydrogen) atoms. The number of methoxy groups -OCH3 is 1. The molecule has 0 saturated heterocycles. The Morgan fingerprint density at radius 1 is 1.15 bits per heavy atom. The van der Waals surface area contributed by atoms with Crippen molar-refractivity contribution in [3.8, 4) is 17.0 Å². The van der Waals surface area contributed by atoms with E-state index in [1.165, 1.54) is 24.3 Å². The lowest BCUT2D eigenvalue weighted by atomic mass is 10.1. The van der Waals surface area contributed by atoms with Crippen LogP contribution in [-0.4, -0.2) is 22.6 Å². The van der Waals surface area contributed by atoms with Crippen molar-refractivity contribution in [2.75, 3.05) is 12.4 Å². The van der Waals surface area contributed by atoms with E-state index >= 15 is 0 Å². The van der Waals surface area contributed by atoms with Gasteiger partial charge >= 0.3 is 0 Å². The summed E-state index contributed by atoms with van der Waals surface area (Å²) in [5, 5.41) is 2.81. The molecule has 1 heterocycles. The van der Waals surface area contributed by atoms with Gasteiger partial charge in [0.15, 0.2) is 0 Å². The van der Waals surface area contributed by atoms with E-state index in [2.05, 4.69) is 17.2 Å². The van der Waals surface area contributed by atoms with E-state index in [1.54, 1.807) is 13.3 Å². The number of imidazole rings is 1. The van der Waals surface area contributed by atoms with Crippen molar-refractivity contribution in [3.05, 3.63) is 66.1 Å². The first-order valence-corrected chi connectivity index (χ1v) is 8.39. The fourth-order valence-corrected chi connectivity index (χ4v) is 2.69. The average molecular weight is 353 g/mol. The van der Waals surface area contributed by atoms with E-state index in [0.717, 1.165) is 23.4 Å². The van der Waals surface area contributed by atoms with Crippen LogP contribution in [-0.2, 0) is 6.54 Å². The molecule has 1 amide bonds. The Bertz CT molecular complexity index is 886. The van der Waals surface area contributed by atoms with Crippen LogP contribution in [0.15, 0.2) is 54.7 Å². The SMILES string of the molecule is CCCn1c(-c2ccc(OC)cc2)cnc1NC(=O)c1ccc(F)cc1. The predicted molar refractivity (Wildman–Crippen MR) is 98.9 cm³/mol. The summed E-state index contributed by atoms with van der Waals surface area (Å²) in [7, 11) is 1.62. The Morgan fingerprint density at radius 2 is 1.85 bits per heavy atom. The van der Waals surface area contributed by atoms with Crippen LogP contribution in [0.25, 0.3) is 11.3 Å². The second-order valence-electron chi connectivity index (χ2n) is 5.81. The van der Waals surface area contributed by atoms with E-state index in [-0.39, 0.29) is 11.7 Å². The Kier molecular flexibility index (Phi) is 5.31. The number of benzene rings is 2. The van der Waals surface area contributed by atoms with Gasteiger partial charge in [-0.25, -0.2) is 9.37 Å². The van der Waals surface area contributed by atoms with Gasteiger partial charge in [-0.3, -0.25) is 10.1 Å². The highest BCUT2D eigenvalue weighted by Gasteiger charge is 2.15. The third-order valence-electron chi connectivity index (χ3n) is 4.02. The maximum Gasteiger partial charge on any atom is 0.257 e. The number of nitrogens with one attached hydrogen (secondary N) is 1. The van der Waals surface area contributed by atoms with Gasteiger partial charge in [-0.2, -0.15) is 0 Å². The van der Waals surface area contributed by atoms with E-state index in [4.69, 9.17) is 4.74 Å². The maximum absolute atomic E-state index is 13.0. The van der Waals surface area contributed by atoms with Gasteiger partial charge in [-0.05, 0) is 55.0 Å². The molecule has 0 fully saturated rings. The van der Waals surface area contributed by atoms with Gasteiger partial charge in [0.25, 0.3) is 5.91 Å². The minimum absolute atomic E-state index is 0.325. The molecular weight excluding hydrogens is 333 g/mol. The lowest BCUT2D eigenvalue weighted by molar-refractivity contribution is 0.102. The van der Waals surface area contributed by atoms with Crippen molar-refractivity contribution >= 4 is 11.9 Å². The third-order valence-corrected chi connectivity index (χ3v) is 4.02. The zero-order valence-corrected chi connectivity index (χ0v) is 14.7. The van der Waals surface area contributed by atoms with Crippen molar-refractivity contribution in [2.45, 2.75) is 19.9 Å². The fraction of sp³-hybridized carbons (Fsp3) is 0.200. The van der Waals surface area contributed by atoms with Crippen molar-refractivity contribution in [2.24, 2.45) is 0 Å². The molecule has 0 bridgehead atoms. The predicted octanol–water partition coefficient (Wildman–Crippen LogP) is 4.36. The van der Waals surface area contributed by atoms with Gasteiger partial charge in [0.2, 0.25) is 5.95 Å². The second kappa shape index (κ2) is 7.82. The second-order valence-corrected chi connectivity index (χ2v) is 5.81. The average Bonchev–Trinajstić information content (AvgIpc) is 3.05. The minimum Gasteiger partial charge on any atom is -0.497 e. The van der Waals surface area contributed by atoms with Gasteiger partial charge in [0.1, 0.15) is 11.6 Å². The Labute approximate surface area is 151 Å².